The average molecular weight is 311 g/mol. The fraction of sp³-hybridized carbons (Fsp3) is 0.500. The summed E-state index contributed by atoms with van der Waals surface area (Å²) in [4.78, 5) is 0. The maximum absolute atomic E-state index is 14.0. The van der Waals surface area contributed by atoms with Crippen molar-refractivity contribution in [2.45, 2.75) is 38.6 Å². The van der Waals surface area contributed by atoms with E-state index in [0.29, 0.717) is 17.2 Å². The van der Waals surface area contributed by atoms with Crippen LogP contribution in [0.25, 0.3) is 0 Å². The first kappa shape index (κ1) is 13.4. The zero-order valence-corrected chi connectivity index (χ0v) is 11.9. The highest BCUT2D eigenvalue weighted by Gasteiger charge is 2.22. The third-order valence-electron chi connectivity index (χ3n) is 3.69. The zero-order chi connectivity index (χ0) is 13.1. The largest absolute Gasteiger partial charge is 0.380 e. The van der Waals surface area contributed by atoms with Gasteiger partial charge in [0.25, 0.3) is 0 Å². The molecule has 96 valence electrons. The molecule has 0 saturated heterocycles. The maximum Gasteiger partial charge on any atom is 0.161 e. The third kappa shape index (κ3) is 2.67. The summed E-state index contributed by atoms with van der Waals surface area (Å²) < 4.78 is 14.3. The number of hydrogen-bond acceptors (Lipinski definition) is 2. The molecule has 0 spiro atoms. The van der Waals surface area contributed by atoms with Crippen molar-refractivity contribution in [1.82, 2.24) is 0 Å². The van der Waals surface area contributed by atoms with Crippen molar-refractivity contribution in [2.75, 3.05) is 5.32 Å². The Labute approximate surface area is 115 Å². The molecule has 0 aromatic heterocycles. The van der Waals surface area contributed by atoms with Gasteiger partial charge >= 0.3 is 0 Å². The summed E-state index contributed by atoms with van der Waals surface area (Å²) in [6.45, 7) is 2.10. The molecule has 0 aliphatic heterocycles. The van der Waals surface area contributed by atoms with Gasteiger partial charge in [-0.1, -0.05) is 12.8 Å². The lowest BCUT2D eigenvalue weighted by molar-refractivity contribution is 0.479. The fourth-order valence-corrected chi connectivity index (χ4v) is 3.00. The number of nitrogens with one attached hydrogen (secondary N) is 1. The van der Waals surface area contributed by atoms with Crippen LogP contribution in [-0.2, 0) is 0 Å². The van der Waals surface area contributed by atoms with Gasteiger partial charge in [0.15, 0.2) is 5.82 Å². The summed E-state index contributed by atoms with van der Waals surface area (Å²) in [5.41, 5.74) is 0.798. The van der Waals surface area contributed by atoms with Gasteiger partial charge in [0, 0.05) is 6.04 Å². The van der Waals surface area contributed by atoms with Gasteiger partial charge in [0.2, 0.25) is 0 Å². The molecule has 1 aliphatic rings. The fourth-order valence-electron chi connectivity index (χ4n) is 2.57. The molecule has 18 heavy (non-hydrogen) atoms. The quantitative estimate of drug-likeness (QED) is 0.895. The minimum atomic E-state index is -0.376. The van der Waals surface area contributed by atoms with Crippen molar-refractivity contribution in [2.24, 2.45) is 5.92 Å². The Morgan fingerprint density at radius 2 is 2.11 bits per heavy atom. The molecule has 1 N–H and O–H groups in total. The van der Waals surface area contributed by atoms with E-state index in [2.05, 4.69) is 28.2 Å². The number of halogens is 2. The highest BCUT2D eigenvalue weighted by Crippen LogP contribution is 2.31. The molecule has 0 heterocycles. The van der Waals surface area contributed by atoms with Crippen LogP contribution in [0, 0.1) is 23.1 Å². The van der Waals surface area contributed by atoms with Crippen molar-refractivity contribution in [3.05, 3.63) is 28.0 Å². The molecular formula is C14H16BrFN2. The molecule has 0 bridgehead atoms. The molecule has 1 atom stereocenters. The van der Waals surface area contributed by atoms with Crippen LogP contribution in [0.5, 0.6) is 0 Å². The van der Waals surface area contributed by atoms with Crippen LogP contribution >= 0.6 is 15.9 Å². The Kier molecular flexibility index (Phi) is 4.23. The van der Waals surface area contributed by atoms with E-state index in [-0.39, 0.29) is 16.3 Å². The summed E-state index contributed by atoms with van der Waals surface area (Å²) in [7, 11) is 0. The number of nitrogens with zero attached hydrogens (tertiary/aromatic N) is 1. The van der Waals surface area contributed by atoms with Gasteiger partial charge in [-0.15, -0.1) is 0 Å². The van der Waals surface area contributed by atoms with Gasteiger partial charge in [-0.3, -0.25) is 0 Å². The second-order valence-corrected chi connectivity index (χ2v) is 5.67. The Morgan fingerprint density at radius 3 is 2.72 bits per heavy atom. The standard InChI is InChI=1S/C14H16BrFN2/c1-9(10-4-2-3-5-10)18-12-7-6-11(8-17)13(15)14(12)16/h6-7,9-10,18H,2-5H2,1H3. The SMILES string of the molecule is CC(Nc1ccc(C#N)c(Br)c1F)C1CCCC1. The number of hydrogen-bond donors (Lipinski definition) is 1. The molecule has 2 rings (SSSR count). The molecule has 4 heteroatoms. The van der Waals surface area contributed by atoms with Gasteiger partial charge < -0.3 is 5.32 Å². The van der Waals surface area contributed by atoms with E-state index in [1.807, 2.05) is 6.07 Å². The third-order valence-corrected chi connectivity index (χ3v) is 4.47. The van der Waals surface area contributed by atoms with Crippen molar-refractivity contribution < 1.29 is 4.39 Å². The topological polar surface area (TPSA) is 35.8 Å². The predicted molar refractivity (Wildman–Crippen MR) is 73.9 cm³/mol. The van der Waals surface area contributed by atoms with Crippen molar-refractivity contribution in [1.29, 1.82) is 5.26 Å². The van der Waals surface area contributed by atoms with E-state index in [1.54, 1.807) is 12.1 Å². The zero-order valence-electron chi connectivity index (χ0n) is 10.3. The average Bonchev–Trinajstić information content (AvgIpc) is 2.89. The van der Waals surface area contributed by atoms with Gasteiger partial charge in [-0.2, -0.15) is 5.26 Å². The minimum Gasteiger partial charge on any atom is -0.380 e. The molecule has 0 radical (unpaired) electrons. The van der Waals surface area contributed by atoms with Gasteiger partial charge in [0.1, 0.15) is 6.07 Å². The molecule has 1 saturated carbocycles. The number of nitriles is 1. The second kappa shape index (κ2) is 5.71. The van der Waals surface area contributed by atoms with Crippen LogP contribution in [-0.4, -0.2) is 6.04 Å². The maximum atomic E-state index is 14.0. The van der Waals surface area contributed by atoms with Gasteiger partial charge in [-0.25, -0.2) is 4.39 Å². The van der Waals surface area contributed by atoms with Crippen LogP contribution < -0.4 is 5.32 Å². The predicted octanol–water partition coefficient (Wildman–Crippen LogP) is 4.45. The van der Waals surface area contributed by atoms with Crippen LogP contribution in [0.2, 0.25) is 0 Å². The lowest BCUT2D eigenvalue weighted by Crippen LogP contribution is -2.24. The van der Waals surface area contributed by atoms with E-state index in [4.69, 9.17) is 5.26 Å². The van der Waals surface area contributed by atoms with E-state index >= 15 is 0 Å². The highest BCUT2D eigenvalue weighted by atomic mass is 79.9. The Morgan fingerprint density at radius 1 is 1.44 bits per heavy atom. The molecular weight excluding hydrogens is 295 g/mol. The van der Waals surface area contributed by atoms with E-state index < -0.39 is 0 Å². The second-order valence-electron chi connectivity index (χ2n) is 4.88. The summed E-state index contributed by atoms with van der Waals surface area (Å²) in [5.74, 6) is 0.248. The summed E-state index contributed by atoms with van der Waals surface area (Å²) in [5, 5.41) is 12.1. The smallest absolute Gasteiger partial charge is 0.161 e. The minimum absolute atomic E-state index is 0.244. The number of anilines is 1. The molecule has 1 unspecified atom stereocenters. The first-order valence-electron chi connectivity index (χ1n) is 6.28. The van der Waals surface area contributed by atoms with E-state index in [0.717, 1.165) is 0 Å². The lowest BCUT2D eigenvalue weighted by Gasteiger charge is -2.22. The van der Waals surface area contributed by atoms with E-state index in [9.17, 15) is 4.39 Å². The monoisotopic (exact) mass is 310 g/mol. The summed E-state index contributed by atoms with van der Waals surface area (Å²) in [6, 6.07) is 5.50. The Balaban J connectivity index is 2.14. The van der Waals surface area contributed by atoms with Crippen molar-refractivity contribution in [3.8, 4) is 6.07 Å². The summed E-state index contributed by atoms with van der Waals surface area (Å²) >= 11 is 3.13. The lowest BCUT2D eigenvalue weighted by atomic mass is 9.99. The van der Waals surface area contributed by atoms with Crippen LogP contribution in [0.4, 0.5) is 10.1 Å². The number of benzene rings is 1. The number of rotatable bonds is 3. The molecule has 1 fully saturated rings. The first-order valence-corrected chi connectivity index (χ1v) is 7.07. The molecule has 1 aliphatic carbocycles. The van der Waals surface area contributed by atoms with E-state index in [1.165, 1.54) is 25.7 Å². The van der Waals surface area contributed by atoms with Crippen LogP contribution in [0.1, 0.15) is 38.2 Å². The van der Waals surface area contributed by atoms with Gasteiger partial charge in [-0.05, 0) is 53.7 Å². The van der Waals surface area contributed by atoms with Crippen LogP contribution in [0.15, 0.2) is 16.6 Å². The summed E-state index contributed by atoms with van der Waals surface area (Å²) in [6.07, 6.45) is 4.98. The normalized spacial score (nSPS) is 17.4. The van der Waals surface area contributed by atoms with Gasteiger partial charge in [0.05, 0.1) is 15.7 Å². The van der Waals surface area contributed by atoms with Crippen molar-refractivity contribution >= 4 is 21.6 Å². The highest BCUT2D eigenvalue weighted by molar-refractivity contribution is 9.10. The Hall–Kier alpha value is -1.08. The first-order chi connectivity index (χ1) is 8.63. The molecule has 2 nitrogen and oxygen atoms in total. The Bertz CT molecular complexity index is 475. The van der Waals surface area contributed by atoms with Crippen LogP contribution in [0.3, 0.4) is 0 Å². The molecule has 1 aromatic rings. The molecule has 0 amide bonds. The van der Waals surface area contributed by atoms with Crippen molar-refractivity contribution in [3.63, 3.8) is 0 Å². The molecule has 1 aromatic carbocycles.